The topological polar surface area (TPSA) is 79.3 Å². The van der Waals surface area contributed by atoms with Crippen LogP contribution in [-0.4, -0.2) is 78.0 Å². The predicted octanol–water partition coefficient (Wildman–Crippen LogP) is 3.46. The third kappa shape index (κ3) is 6.83. The molecule has 7 nitrogen and oxygen atoms in total. The lowest BCUT2D eigenvalue weighted by molar-refractivity contribution is -0.192. The summed E-state index contributed by atoms with van der Waals surface area (Å²) in [5.41, 5.74) is 1.26. The van der Waals surface area contributed by atoms with Gasteiger partial charge in [-0.2, -0.15) is 13.2 Å². The number of amides is 1. The van der Waals surface area contributed by atoms with Gasteiger partial charge in [0.1, 0.15) is 11.9 Å². The molecule has 1 aromatic carbocycles. The van der Waals surface area contributed by atoms with Crippen LogP contribution in [0, 0.1) is 0 Å². The number of likely N-dealkylation sites (tertiary alicyclic amines) is 2. The Balaban J connectivity index is 0.000000383. The number of halogens is 3. The molecule has 3 aliphatic rings. The van der Waals surface area contributed by atoms with Gasteiger partial charge >= 0.3 is 12.1 Å². The van der Waals surface area contributed by atoms with Gasteiger partial charge in [-0.25, -0.2) is 4.79 Å². The first kappa shape index (κ1) is 25.3. The zero-order valence-electron chi connectivity index (χ0n) is 18.8. The van der Waals surface area contributed by atoms with Crippen molar-refractivity contribution in [2.75, 3.05) is 33.3 Å². The molecule has 1 N–H and O–H groups in total. The van der Waals surface area contributed by atoms with Gasteiger partial charge in [0.05, 0.1) is 12.7 Å². The van der Waals surface area contributed by atoms with E-state index in [0.717, 1.165) is 77.0 Å². The normalized spacial score (nSPS) is 22.7. The summed E-state index contributed by atoms with van der Waals surface area (Å²) >= 11 is 0. The molecule has 3 heterocycles. The fourth-order valence-corrected chi connectivity index (χ4v) is 4.60. The lowest BCUT2D eigenvalue weighted by Gasteiger charge is -2.39. The Hall–Kier alpha value is -2.33. The van der Waals surface area contributed by atoms with Crippen molar-refractivity contribution in [2.45, 2.75) is 63.0 Å². The number of piperidine rings is 1. The molecule has 3 aliphatic heterocycles. The minimum atomic E-state index is -5.08. The van der Waals surface area contributed by atoms with Gasteiger partial charge in [-0.1, -0.05) is 12.1 Å². The SMILES string of the molecule is COc1ccc(CN2CCC3(CCC(C(=O)N4CCCC4)O3)CC2)cc1.O=C(O)C(F)(F)F. The zero-order chi connectivity index (χ0) is 24.1. The van der Waals surface area contributed by atoms with Crippen LogP contribution in [-0.2, 0) is 20.9 Å². The molecular formula is C23H31F3N2O5. The number of carboxylic acids is 1. The summed E-state index contributed by atoms with van der Waals surface area (Å²) in [5.74, 6) is -1.62. The van der Waals surface area contributed by atoms with Crippen LogP contribution in [0.3, 0.4) is 0 Å². The highest BCUT2D eigenvalue weighted by Gasteiger charge is 2.45. The van der Waals surface area contributed by atoms with Crippen LogP contribution >= 0.6 is 0 Å². The molecule has 1 aromatic rings. The first-order valence-electron chi connectivity index (χ1n) is 11.2. The number of carboxylic acid groups (broad SMARTS) is 1. The van der Waals surface area contributed by atoms with E-state index in [1.165, 1.54) is 5.56 Å². The molecule has 1 spiro atoms. The fourth-order valence-electron chi connectivity index (χ4n) is 4.60. The lowest BCUT2D eigenvalue weighted by Crippen LogP contribution is -2.45. The van der Waals surface area contributed by atoms with E-state index in [1.807, 2.05) is 17.0 Å². The van der Waals surface area contributed by atoms with E-state index >= 15 is 0 Å². The number of hydrogen-bond donors (Lipinski definition) is 1. The van der Waals surface area contributed by atoms with E-state index in [0.29, 0.717) is 0 Å². The average molecular weight is 473 g/mol. The standard InChI is InChI=1S/C21H30N2O3.C2HF3O2/c1-25-18-6-4-17(5-7-18)16-22-14-10-21(11-15-22)9-8-19(26-21)20(24)23-12-2-3-13-23;3-2(4,5)1(6)7/h4-7,19H,2-3,8-16H2,1H3;(H,6,7). The summed E-state index contributed by atoms with van der Waals surface area (Å²) in [5, 5.41) is 7.12. The molecule has 0 bridgehead atoms. The van der Waals surface area contributed by atoms with Crippen molar-refractivity contribution < 1.29 is 37.3 Å². The van der Waals surface area contributed by atoms with E-state index in [9.17, 15) is 18.0 Å². The number of carbonyl (C=O) groups excluding carboxylic acids is 1. The molecule has 4 rings (SSSR count). The average Bonchev–Trinajstić information content (AvgIpc) is 3.46. The Bertz CT molecular complexity index is 801. The highest BCUT2D eigenvalue weighted by Crippen LogP contribution is 2.40. The van der Waals surface area contributed by atoms with Crippen molar-refractivity contribution in [2.24, 2.45) is 0 Å². The molecule has 0 saturated carbocycles. The quantitative estimate of drug-likeness (QED) is 0.723. The summed E-state index contributed by atoms with van der Waals surface area (Å²) in [6.07, 6.45) is 1.01. The van der Waals surface area contributed by atoms with Crippen LogP contribution in [0.25, 0.3) is 0 Å². The van der Waals surface area contributed by atoms with Crippen molar-refractivity contribution >= 4 is 11.9 Å². The monoisotopic (exact) mass is 472 g/mol. The van der Waals surface area contributed by atoms with Crippen LogP contribution in [0.2, 0.25) is 0 Å². The number of ether oxygens (including phenoxy) is 2. The molecule has 1 unspecified atom stereocenters. The fraction of sp³-hybridized carbons (Fsp3) is 0.652. The second kappa shape index (κ2) is 10.7. The molecule has 10 heteroatoms. The van der Waals surface area contributed by atoms with Crippen LogP contribution in [0.15, 0.2) is 24.3 Å². The molecule has 0 radical (unpaired) electrons. The van der Waals surface area contributed by atoms with Gasteiger partial charge in [-0.3, -0.25) is 9.69 Å². The minimum Gasteiger partial charge on any atom is -0.497 e. The second-order valence-electron chi connectivity index (χ2n) is 8.79. The molecule has 3 saturated heterocycles. The van der Waals surface area contributed by atoms with Crippen LogP contribution in [0.5, 0.6) is 5.75 Å². The molecule has 1 amide bonds. The number of hydrogen-bond acceptors (Lipinski definition) is 5. The summed E-state index contributed by atoms with van der Waals surface area (Å²) in [7, 11) is 1.70. The summed E-state index contributed by atoms with van der Waals surface area (Å²) < 4.78 is 43.3. The highest BCUT2D eigenvalue weighted by atomic mass is 19.4. The maximum Gasteiger partial charge on any atom is 0.490 e. The largest absolute Gasteiger partial charge is 0.497 e. The Morgan fingerprint density at radius 2 is 1.67 bits per heavy atom. The number of aliphatic carboxylic acids is 1. The molecular weight excluding hydrogens is 441 g/mol. The van der Waals surface area contributed by atoms with E-state index in [2.05, 4.69) is 17.0 Å². The van der Waals surface area contributed by atoms with E-state index in [1.54, 1.807) is 7.11 Å². The number of nitrogens with zero attached hydrogens (tertiary/aromatic N) is 2. The maximum atomic E-state index is 12.6. The van der Waals surface area contributed by atoms with Crippen LogP contribution < -0.4 is 4.74 Å². The lowest BCUT2D eigenvalue weighted by atomic mass is 9.88. The maximum absolute atomic E-state index is 12.6. The van der Waals surface area contributed by atoms with Gasteiger partial charge in [0.15, 0.2) is 0 Å². The molecule has 1 atom stereocenters. The Labute approximate surface area is 191 Å². The van der Waals surface area contributed by atoms with E-state index in [-0.39, 0.29) is 17.6 Å². The van der Waals surface area contributed by atoms with E-state index in [4.69, 9.17) is 19.4 Å². The van der Waals surface area contributed by atoms with Crippen LogP contribution in [0.4, 0.5) is 13.2 Å². The number of alkyl halides is 3. The zero-order valence-corrected chi connectivity index (χ0v) is 18.8. The van der Waals surface area contributed by atoms with Gasteiger partial charge in [-0.05, 0) is 56.2 Å². The first-order chi connectivity index (χ1) is 15.6. The number of benzene rings is 1. The van der Waals surface area contributed by atoms with Crippen molar-refractivity contribution in [1.29, 1.82) is 0 Å². The summed E-state index contributed by atoms with van der Waals surface area (Å²) in [6, 6.07) is 8.32. The Morgan fingerprint density at radius 1 is 1.09 bits per heavy atom. The van der Waals surface area contributed by atoms with Gasteiger partial charge in [0.25, 0.3) is 5.91 Å². The Morgan fingerprint density at radius 3 is 2.18 bits per heavy atom. The Kier molecular flexibility index (Phi) is 8.23. The summed E-state index contributed by atoms with van der Waals surface area (Å²) in [6.45, 7) is 4.88. The first-order valence-corrected chi connectivity index (χ1v) is 11.2. The predicted molar refractivity (Wildman–Crippen MR) is 114 cm³/mol. The van der Waals surface area contributed by atoms with E-state index < -0.39 is 12.1 Å². The molecule has 0 aromatic heterocycles. The van der Waals surface area contributed by atoms with Crippen molar-refractivity contribution in [3.05, 3.63) is 29.8 Å². The smallest absolute Gasteiger partial charge is 0.490 e. The number of carbonyl (C=O) groups is 2. The van der Waals surface area contributed by atoms with Gasteiger partial charge in [0.2, 0.25) is 0 Å². The summed E-state index contributed by atoms with van der Waals surface area (Å²) in [4.78, 5) is 26.0. The molecule has 3 fully saturated rings. The van der Waals surface area contributed by atoms with Crippen molar-refractivity contribution in [1.82, 2.24) is 9.80 Å². The highest BCUT2D eigenvalue weighted by molar-refractivity contribution is 5.81. The minimum absolute atomic E-state index is 0.0591. The van der Waals surface area contributed by atoms with Crippen LogP contribution in [0.1, 0.15) is 44.1 Å². The second-order valence-corrected chi connectivity index (χ2v) is 8.79. The van der Waals surface area contributed by atoms with Crippen molar-refractivity contribution in [3.63, 3.8) is 0 Å². The third-order valence-electron chi connectivity index (χ3n) is 6.52. The molecule has 0 aliphatic carbocycles. The molecule has 33 heavy (non-hydrogen) atoms. The number of methoxy groups -OCH3 is 1. The molecule has 184 valence electrons. The third-order valence-corrected chi connectivity index (χ3v) is 6.52. The van der Waals surface area contributed by atoms with Gasteiger partial charge in [-0.15, -0.1) is 0 Å². The van der Waals surface area contributed by atoms with Crippen molar-refractivity contribution in [3.8, 4) is 5.75 Å². The van der Waals surface area contributed by atoms with Gasteiger partial charge < -0.3 is 19.5 Å². The number of rotatable bonds is 4. The van der Waals surface area contributed by atoms with Gasteiger partial charge in [0, 0.05) is 32.7 Å².